The average molecular weight is 409 g/mol. The Morgan fingerprint density at radius 3 is 2.17 bits per heavy atom. The number of hydrogen-bond donors (Lipinski definition) is 1. The number of hydrogen-bond acceptors (Lipinski definition) is 6. The van der Waals surface area contributed by atoms with Gasteiger partial charge in [0.25, 0.3) is 0 Å². The van der Waals surface area contributed by atoms with Crippen LogP contribution in [-0.2, 0) is 7.05 Å². The van der Waals surface area contributed by atoms with Crippen molar-refractivity contribution in [2.75, 3.05) is 27.6 Å². The molecule has 0 saturated heterocycles. The van der Waals surface area contributed by atoms with Crippen LogP contribution in [-0.4, -0.2) is 37.3 Å². The van der Waals surface area contributed by atoms with Crippen molar-refractivity contribution in [3.05, 3.63) is 46.8 Å². The molecule has 0 aliphatic heterocycles. The van der Waals surface area contributed by atoms with E-state index in [1.54, 1.807) is 19.2 Å². The zero-order valence-electron chi connectivity index (χ0n) is 17.3. The normalized spacial score (nSPS) is 11.2. The number of aromatic nitrogens is 1. The second-order valence-electron chi connectivity index (χ2n) is 6.86. The van der Waals surface area contributed by atoms with Gasteiger partial charge in [0, 0.05) is 40.9 Å². The number of methoxy groups -OCH3 is 2. The minimum Gasteiger partial charge on any atom is -0.493 e. The molecule has 0 fully saturated rings. The molecule has 0 spiro atoms. The summed E-state index contributed by atoms with van der Waals surface area (Å²) in [7, 11) is 4.98. The fourth-order valence-electron chi connectivity index (χ4n) is 3.93. The topological polar surface area (TPSA) is 79.2 Å². The van der Waals surface area contributed by atoms with Gasteiger partial charge < -0.3 is 28.6 Å². The summed E-state index contributed by atoms with van der Waals surface area (Å²) in [6.07, 6.45) is 1.97. The van der Waals surface area contributed by atoms with Crippen molar-refractivity contribution < 1.29 is 24.1 Å². The first-order valence-corrected chi connectivity index (χ1v) is 9.54. The first kappa shape index (κ1) is 19.8. The van der Waals surface area contributed by atoms with Crippen LogP contribution in [0, 0.1) is 0 Å². The molecule has 0 bridgehead atoms. The Balaban J connectivity index is 2.20. The van der Waals surface area contributed by atoms with Gasteiger partial charge in [-0.3, -0.25) is 4.79 Å². The van der Waals surface area contributed by atoms with Crippen LogP contribution in [0.4, 0.5) is 0 Å². The fourth-order valence-corrected chi connectivity index (χ4v) is 3.93. The molecule has 7 nitrogen and oxygen atoms in total. The molecule has 0 aliphatic rings. The highest BCUT2D eigenvalue weighted by molar-refractivity contribution is 6.17. The second kappa shape index (κ2) is 7.76. The summed E-state index contributed by atoms with van der Waals surface area (Å²) in [5, 5.41) is 13.5. The molecule has 1 aromatic heterocycles. The molecule has 4 rings (SSSR count). The minimum atomic E-state index is -0.446. The molecule has 0 aliphatic carbocycles. The zero-order chi connectivity index (χ0) is 21.4. The number of aliphatic hydroxyl groups excluding tert-OH is 1. The third kappa shape index (κ3) is 3.07. The number of rotatable bonds is 6. The van der Waals surface area contributed by atoms with Crippen LogP contribution in [0.15, 0.2) is 41.3 Å². The first-order valence-electron chi connectivity index (χ1n) is 9.54. The van der Waals surface area contributed by atoms with Gasteiger partial charge >= 0.3 is 0 Å². The highest BCUT2D eigenvalue weighted by Gasteiger charge is 2.17. The third-order valence-corrected chi connectivity index (χ3v) is 5.19. The number of pyridine rings is 1. The molecule has 30 heavy (non-hydrogen) atoms. The van der Waals surface area contributed by atoms with Crippen molar-refractivity contribution in [3.8, 4) is 23.0 Å². The van der Waals surface area contributed by atoms with E-state index < -0.39 is 6.79 Å². The van der Waals surface area contributed by atoms with E-state index in [1.807, 2.05) is 42.9 Å². The van der Waals surface area contributed by atoms with E-state index >= 15 is 0 Å². The molecule has 7 heteroatoms. The number of fused-ring (bicyclic) bond motifs is 5. The van der Waals surface area contributed by atoms with Crippen LogP contribution >= 0.6 is 0 Å². The van der Waals surface area contributed by atoms with Crippen molar-refractivity contribution in [2.24, 2.45) is 7.05 Å². The molecule has 0 radical (unpaired) electrons. The Morgan fingerprint density at radius 1 is 0.833 bits per heavy atom. The van der Waals surface area contributed by atoms with E-state index in [1.165, 1.54) is 7.11 Å². The van der Waals surface area contributed by atoms with Gasteiger partial charge in [0.1, 0.15) is 5.75 Å². The van der Waals surface area contributed by atoms with Gasteiger partial charge in [0.15, 0.2) is 24.0 Å². The van der Waals surface area contributed by atoms with Gasteiger partial charge in [-0.15, -0.1) is 0 Å². The van der Waals surface area contributed by atoms with Crippen LogP contribution in [0.2, 0.25) is 0 Å². The van der Waals surface area contributed by atoms with E-state index in [0.29, 0.717) is 23.9 Å². The van der Waals surface area contributed by atoms with Crippen molar-refractivity contribution >= 4 is 32.4 Å². The molecular formula is C23H23NO6. The van der Waals surface area contributed by atoms with Crippen LogP contribution in [0.1, 0.15) is 6.92 Å². The maximum atomic E-state index is 12.4. The predicted octanol–water partition coefficient (Wildman–Crippen LogP) is 3.59. The summed E-state index contributed by atoms with van der Waals surface area (Å²) in [5.41, 5.74) is 0.735. The molecule has 0 saturated carbocycles. The van der Waals surface area contributed by atoms with E-state index in [0.717, 1.165) is 32.4 Å². The van der Waals surface area contributed by atoms with Gasteiger partial charge in [0.2, 0.25) is 5.43 Å². The average Bonchev–Trinajstić information content (AvgIpc) is 2.73. The summed E-state index contributed by atoms with van der Waals surface area (Å²) in [4.78, 5) is 12.4. The molecule has 1 N–H and O–H groups in total. The lowest BCUT2D eigenvalue weighted by Gasteiger charge is -2.18. The lowest BCUT2D eigenvalue weighted by molar-refractivity contribution is 0.0956. The smallest absolute Gasteiger partial charge is 0.221 e. The Kier molecular flexibility index (Phi) is 5.13. The highest BCUT2D eigenvalue weighted by Crippen LogP contribution is 2.40. The quantitative estimate of drug-likeness (QED) is 0.387. The summed E-state index contributed by atoms with van der Waals surface area (Å²) in [6, 6.07) is 8.97. The zero-order valence-corrected chi connectivity index (χ0v) is 17.3. The van der Waals surface area contributed by atoms with Gasteiger partial charge in [0.05, 0.1) is 26.3 Å². The summed E-state index contributed by atoms with van der Waals surface area (Å²) >= 11 is 0. The van der Waals surface area contributed by atoms with E-state index in [9.17, 15) is 9.90 Å². The molecular weight excluding hydrogens is 386 g/mol. The maximum absolute atomic E-state index is 12.4. The standard InChI is InChI=1S/C23H23NO6/c1-5-29-19-9-16-14-8-21(28-4)22(30-12-25)6-13(14)11-24(2)23(16)17-10-20(27-3)18(26)7-15(17)19/h6-11,25H,5,12H2,1-4H3. The molecule has 3 aromatic carbocycles. The lowest BCUT2D eigenvalue weighted by Crippen LogP contribution is -2.06. The first-order chi connectivity index (χ1) is 14.5. The molecule has 0 amide bonds. The van der Waals surface area contributed by atoms with Crippen LogP contribution in [0.25, 0.3) is 32.4 Å². The molecule has 156 valence electrons. The fraction of sp³-hybridized carbons (Fsp3) is 0.261. The Bertz CT molecular complexity index is 1330. The third-order valence-electron chi connectivity index (χ3n) is 5.19. The maximum Gasteiger partial charge on any atom is 0.221 e. The largest absolute Gasteiger partial charge is 0.493 e. The Hall–Kier alpha value is -3.45. The van der Waals surface area contributed by atoms with E-state index in [-0.39, 0.29) is 11.2 Å². The number of ether oxygens (including phenoxy) is 4. The summed E-state index contributed by atoms with van der Waals surface area (Å²) < 4.78 is 23.9. The lowest BCUT2D eigenvalue weighted by atomic mass is 9.99. The Morgan fingerprint density at radius 2 is 1.50 bits per heavy atom. The number of aliphatic hydroxyl groups is 1. The van der Waals surface area contributed by atoms with Crippen LogP contribution in [0.3, 0.4) is 0 Å². The van der Waals surface area contributed by atoms with E-state index in [4.69, 9.17) is 18.9 Å². The number of aryl methyl sites for hydroxylation is 1. The summed E-state index contributed by atoms with van der Waals surface area (Å²) in [5.74, 6) is 1.87. The van der Waals surface area contributed by atoms with Crippen LogP contribution < -0.4 is 24.4 Å². The predicted molar refractivity (Wildman–Crippen MR) is 116 cm³/mol. The van der Waals surface area contributed by atoms with Gasteiger partial charge in [-0.05, 0) is 36.6 Å². The summed E-state index contributed by atoms with van der Waals surface area (Å²) in [6.45, 7) is 1.93. The Labute approximate surface area is 173 Å². The number of nitrogens with zero attached hydrogens (tertiary/aromatic N) is 1. The van der Waals surface area contributed by atoms with Gasteiger partial charge in [-0.1, -0.05) is 0 Å². The van der Waals surface area contributed by atoms with Crippen molar-refractivity contribution in [1.29, 1.82) is 0 Å². The minimum absolute atomic E-state index is 0.193. The van der Waals surface area contributed by atoms with Crippen molar-refractivity contribution in [1.82, 2.24) is 4.57 Å². The van der Waals surface area contributed by atoms with Crippen molar-refractivity contribution in [3.63, 3.8) is 0 Å². The SMILES string of the molecule is CCOc1cc2c3cc(OC)c(OCO)cc3cn(C)c2c2cc(OC)c(=O)cc12. The van der Waals surface area contributed by atoms with Crippen LogP contribution in [0.5, 0.6) is 23.0 Å². The molecule has 1 heterocycles. The van der Waals surface area contributed by atoms with Gasteiger partial charge in [-0.2, -0.15) is 0 Å². The highest BCUT2D eigenvalue weighted by atomic mass is 16.6. The molecule has 0 atom stereocenters. The molecule has 4 aromatic rings. The monoisotopic (exact) mass is 409 g/mol. The molecule has 0 unspecified atom stereocenters. The van der Waals surface area contributed by atoms with Gasteiger partial charge in [-0.25, -0.2) is 0 Å². The van der Waals surface area contributed by atoms with E-state index in [2.05, 4.69) is 0 Å². The second-order valence-corrected chi connectivity index (χ2v) is 6.86. The van der Waals surface area contributed by atoms with Crippen molar-refractivity contribution in [2.45, 2.75) is 6.92 Å². The number of benzene rings is 3.